The Bertz CT molecular complexity index is 558. The van der Waals surface area contributed by atoms with Gasteiger partial charge in [-0.3, -0.25) is 0 Å². The summed E-state index contributed by atoms with van der Waals surface area (Å²) in [5.41, 5.74) is 4.53. The number of aromatic nitrogens is 2. The highest BCUT2D eigenvalue weighted by Gasteiger charge is 2.05. The molecule has 0 saturated carbocycles. The quantitative estimate of drug-likeness (QED) is 0.562. The predicted octanol–water partition coefficient (Wildman–Crippen LogP) is 1.96. The number of nitrogen functional groups attached to an aromatic ring is 1. The number of aryl methyl sites for hydroxylation is 1. The Balaban J connectivity index is 2.28. The van der Waals surface area contributed by atoms with E-state index in [1.54, 1.807) is 13.2 Å². The summed E-state index contributed by atoms with van der Waals surface area (Å²) in [6, 6.07) is 9.65. The van der Waals surface area contributed by atoms with E-state index < -0.39 is 0 Å². The Kier molecular flexibility index (Phi) is 4.27. The average molecular weight is 259 g/mol. The zero-order chi connectivity index (χ0) is 13.7. The Morgan fingerprint density at radius 2 is 1.95 bits per heavy atom. The minimum atomic E-state index is 0.537. The molecule has 0 bridgehead atoms. The molecule has 0 aliphatic carbocycles. The van der Waals surface area contributed by atoms with Gasteiger partial charge in [-0.2, -0.15) is 0 Å². The number of hydrogen-bond acceptors (Lipinski definition) is 6. The van der Waals surface area contributed by atoms with Crippen molar-refractivity contribution in [3.8, 4) is 0 Å². The van der Waals surface area contributed by atoms with Gasteiger partial charge in [-0.15, -0.1) is 0 Å². The fraction of sp³-hybridized carbons (Fsp3) is 0.231. The third-order valence-electron chi connectivity index (χ3n) is 2.57. The molecule has 1 aromatic carbocycles. The summed E-state index contributed by atoms with van der Waals surface area (Å²) >= 11 is 0. The fourth-order valence-electron chi connectivity index (χ4n) is 1.77. The standard InChI is InChI=1S/C13H17N5O/c1-9-15-12(7-13(16-9)18-14)17-11-6-4-3-5-10(11)8-19-2/h3-7H,8,14H2,1-2H3,(H2,15,16,17,18). The van der Waals surface area contributed by atoms with Gasteiger partial charge in [0.2, 0.25) is 0 Å². The molecule has 0 saturated heterocycles. The van der Waals surface area contributed by atoms with Crippen LogP contribution in [0, 0.1) is 6.92 Å². The smallest absolute Gasteiger partial charge is 0.145 e. The topological polar surface area (TPSA) is 85.1 Å². The van der Waals surface area contributed by atoms with Gasteiger partial charge in [0.15, 0.2) is 0 Å². The Hall–Kier alpha value is -2.18. The number of nitrogens with two attached hydrogens (primary N) is 1. The molecule has 0 aliphatic rings. The van der Waals surface area contributed by atoms with Gasteiger partial charge in [0.25, 0.3) is 0 Å². The molecule has 4 N–H and O–H groups in total. The molecule has 0 aliphatic heterocycles. The van der Waals surface area contributed by atoms with E-state index in [0.29, 0.717) is 24.1 Å². The molecule has 100 valence electrons. The second kappa shape index (κ2) is 6.12. The summed E-state index contributed by atoms with van der Waals surface area (Å²) in [6.07, 6.45) is 0. The average Bonchev–Trinajstić information content (AvgIpc) is 2.40. The molecule has 2 aromatic rings. The molecular weight excluding hydrogens is 242 g/mol. The maximum absolute atomic E-state index is 5.37. The van der Waals surface area contributed by atoms with E-state index in [4.69, 9.17) is 10.6 Å². The fourth-order valence-corrected chi connectivity index (χ4v) is 1.77. The Morgan fingerprint density at radius 1 is 1.21 bits per heavy atom. The van der Waals surface area contributed by atoms with Gasteiger partial charge in [0.1, 0.15) is 17.5 Å². The monoisotopic (exact) mass is 259 g/mol. The number of anilines is 3. The first-order chi connectivity index (χ1) is 9.22. The molecule has 0 amide bonds. The highest BCUT2D eigenvalue weighted by molar-refractivity contribution is 5.62. The molecule has 0 atom stereocenters. The van der Waals surface area contributed by atoms with Gasteiger partial charge >= 0.3 is 0 Å². The largest absolute Gasteiger partial charge is 0.380 e. The van der Waals surface area contributed by atoms with Gasteiger partial charge in [-0.1, -0.05) is 18.2 Å². The molecule has 0 spiro atoms. The maximum Gasteiger partial charge on any atom is 0.145 e. The number of para-hydroxylation sites is 1. The van der Waals surface area contributed by atoms with Crippen molar-refractivity contribution in [1.29, 1.82) is 0 Å². The van der Waals surface area contributed by atoms with Crippen molar-refractivity contribution in [2.75, 3.05) is 17.9 Å². The third-order valence-corrected chi connectivity index (χ3v) is 2.57. The van der Waals surface area contributed by atoms with Crippen molar-refractivity contribution < 1.29 is 4.74 Å². The summed E-state index contributed by atoms with van der Waals surface area (Å²) < 4.78 is 5.17. The number of hydrazine groups is 1. The van der Waals surface area contributed by atoms with Crippen LogP contribution >= 0.6 is 0 Å². The lowest BCUT2D eigenvalue weighted by molar-refractivity contribution is 0.185. The second-order valence-corrected chi connectivity index (χ2v) is 4.05. The van der Waals surface area contributed by atoms with Crippen LogP contribution in [0.3, 0.4) is 0 Å². The lowest BCUT2D eigenvalue weighted by Crippen LogP contribution is -2.10. The maximum atomic E-state index is 5.37. The number of nitrogens with zero attached hydrogens (tertiary/aromatic N) is 2. The molecule has 1 aromatic heterocycles. The van der Waals surface area contributed by atoms with Crippen molar-refractivity contribution in [2.24, 2.45) is 5.84 Å². The summed E-state index contributed by atoms with van der Waals surface area (Å²) in [5.74, 6) is 7.26. The number of ether oxygens (including phenoxy) is 1. The summed E-state index contributed by atoms with van der Waals surface area (Å²) in [4.78, 5) is 8.46. The molecule has 6 heteroatoms. The van der Waals surface area contributed by atoms with Crippen LogP contribution in [-0.4, -0.2) is 17.1 Å². The van der Waals surface area contributed by atoms with Crippen LogP contribution in [0.4, 0.5) is 17.3 Å². The first-order valence-electron chi connectivity index (χ1n) is 5.89. The van der Waals surface area contributed by atoms with E-state index in [1.165, 1.54) is 0 Å². The third kappa shape index (κ3) is 3.40. The van der Waals surface area contributed by atoms with Gasteiger partial charge in [-0.05, 0) is 13.0 Å². The first-order valence-corrected chi connectivity index (χ1v) is 5.89. The lowest BCUT2D eigenvalue weighted by Gasteiger charge is -2.12. The van der Waals surface area contributed by atoms with Crippen LogP contribution in [0.25, 0.3) is 0 Å². The zero-order valence-corrected chi connectivity index (χ0v) is 11.0. The Labute approximate surface area is 112 Å². The minimum absolute atomic E-state index is 0.537. The highest BCUT2D eigenvalue weighted by atomic mass is 16.5. The predicted molar refractivity (Wildman–Crippen MR) is 75.0 cm³/mol. The SMILES string of the molecule is COCc1ccccc1Nc1cc(NN)nc(C)n1. The van der Waals surface area contributed by atoms with Crippen LogP contribution in [0.5, 0.6) is 0 Å². The van der Waals surface area contributed by atoms with Crippen LogP contribution < -0.4 is 16.6 Å². The molecule has 0 radical (unpaired) electrons. The molecule has 0 fully saturated rings. The molecule has 0 unspecified atom stereocenters. The summed E-state index contributed by atoms with van der Waals surface area (Å²) in [7, 11) is 1.67. The lowest BCUT2D eigenvalue weighted by atomic mass is 10.2. The van der Waals surface area contributed by atoms with Gasteiger partial charge in [0, 0.05) is 24.4 Å². The van der Waals surface area contributed by atoms with E-state index in [-0.39, 0.29) is 0 Å². The van der Waals surface area contributed by atoms with Gasteiger partial charge < -0.3 is 15.5 Å². The first kappa shape index (κ1) is 13.3. The number of methoxy groups -OCH3 is 1. The molecule has 19 heavy (non-hydrogen) atoms. The second-order valence-electron chi connectivity index (χ2n) is 4.05. The minimum Gasteiger partial charge on any atom is -0.380 e. The van der Waals surface area contributed by atoms with Crippen molar-refractivity contribution in [2.45, 2.75) is 13.5 Å². The van der Waals surface area contributed by atoms with Crippen LogP contribution in [-0.2, 0) is 11.3 Å². The number of nitrogens with one attached hydrogen (secondary N) is 2. The van der Waals surface area contributed by atoms with Crippen molar-refractivity contribution >= 4 is 17.3 Å². The zero-order valence-electron chi connectivity index (χ0n) is 11.0. The summed E-state index contributed by atoms with van der Waals surface area (Å²) in [6.45, 7) is 2.35. The van der Waals surface area contributed by atoms with Crippen molar-refractivity contribution in [3.05, 3.63) is 41.7 Å². The molecular formula is C13H17N5O. The molecule has 6 nitrogen and oxygen atoms in total. The van der Waals surface area contributed by atoms with Crippen molar-refractivity contribution in [1.82, 2.24) is 9.97 Å². The van der Waals surface area contributed by atoms with Gasteiger partial charge in [-0.25, -0.2) is 15.8 Å². The van der Waals surface area contributed by atoms with Crippen LogP contribution in [0.1, 0.15) is 11.4 Å². The molecule has 2 rings (SSSR count). The van der Waals surface area contributed by atoms with E-state index in [1.807, 2.05) is 31.2 Å². The van der Waals surface area contributed by atoms with Crippen LogP contribution in [0.15, 0.2) is 30.3 Å². The summed E-state index contributed by atoms with van der Waals surface area (Å²) in [5, 5.41) is 3.25. The number of rotatable bonds is 5. The highest BCUT2D eigenvalue weighted by Crippen LogP contribution is 2.21. The van der Waals surface area contributed by atoms with E-state index in [9.17, 15) is 0 Å². The normalized spacial score (nSPS) is 10.3. The van der Waals surface area contributed by atoms with E-state index >= 15 is 0 Å². The van der Waals surface area contributed by atoms with E-state index in [2.05, 4.69) is 20.7 Å². The van der Waals surface area contributed by atoms with E-state index in [0.717, 1.165) is 11.3 Å². The Morgan fingerprint density at radius 3 is 2.68 bits per heavy atom. The van der Waals surface area contributed by atoms with Crippen LogP contribution in [0.2, 0.25) is 0 Å². The number of hydrogen-bond donors (Lipinski definition) is 3. The number of benzene rings is 1. The van der Waals surface area contributed by atoms with Crippen molar-refractivity contribution in [3.63, 3.8) is 0 Å². The molecule has 1 heterocycles. The van der Waals surface area contributed by atoms with Gasteiger partial charge in [0.05, 0.1) is 6.61 Å².